The Balaban J connectivity index is 1.77. The molecule has 1 aromatic heterocycles. The van der Waals surface area contributed by atoms with Gasteiger partial charge in [-0.05, 0) is 31.2 Å². The first-order valence-electron chi connectivity index (χ1n) is 9.18. The minimum absolute atomic E-state index is 0.0849. The maximum Gasteiger partial charge on any atom is 0.337 e. The number of aromatic amines is 1. The second-order valence-electron chi connectivity index (χ2n) is 6.39. The molecule has 0 bridgehead atoms. The van der Waals surface area contributed by atoms with Gasteiger partial charge in [-0.25, -0.2) is 9.78 Å². The summed E-state index contributed by atoms with van der Waals surface area (Å²) in [6, 6.07) is 17.1. The molecule has 0 aliphatic heterocycles. The number of rotatable bonds is 6. The number of anilines is 1. The Hall–Kier alpha value is -3.90. The van der Waals surface area contributed by atoms with E-state index in [1.807, 2.05) is 12.1 Å². The van der Waals surface area contributed by atoms with E-state index in [0.29, 0.717) is 16.8 Å². The minimum Gasteiger partial charge on any atom is -0.465 e. The average Bonchev–Trinajstić information content (AvgIpc) is 2.79. The largest absolute Gasteiger partial charge is 0.465 e. The van der Waals surface area contributed by atoms with Crippen molar-refractivity contribution in [3.8, 4) is 17.3 Å². The molecule has 0 aliphatic rings. The minimum atomic E-state index is -0.597. The zero-order valence-electron chi connectivity index (χ0n) is 16.7. The van der Waals surface area contributed by atoms with Gasteiger partial charge in [-0.15, -0.1) is 0 Å². The van der Waals surface area contributed by atoms with E-state index in [4.69, 9.17) is 0 Å². The molecule has 2 aromatic carbocycles. The molecule has 8 nitrogen and oxygen atoms in total. The Morgan fingerprint density at radius 2 is 1.84 bits per heavy atom. The summed E-state index contributed by atoms with van der Waals surface area (Å²) in [5, 5.41) is 11.7. The lowest BCUT2D eigenvalue weighted by Gasteiger charge is -2.12. The standard InChI is InChI=1S/C22H18N4O4S/c1-13(19(27)24-16-10-8-15(9-11-16)21(29)30-2)31-22-25-18(14-6-4-3-5-7-14)17(12-23)20(28)26-22/h3-11,13H,1-2H3,(H,24,27)(H,25,26,28)/t13-/m1/s1. The first-order valence-corrected chi connectivity index (χ1v) is 10.1. The lowest BCUT2D eigenvalue weighted by atomic mass is 10.1. The summed E-state index contributed by atoms with van der Waals surface area (Å²) < 4.78 is 4.64. The number of benzene rings is 2. The summed E-state index contributed by atoms with van der Waals surface area (Å²) in [7, 11) is 1.29. The Bertz CT molecular complexity index is 1200. The summed E-state index contributed by atoms with van der Waals surface area (Å²) in [4.78, 5) is 43.4. The van der Waals surface area contributed by atoms with Crippen molar-refractivity contribution in [2.24, 2.45) is 0 Å². The number of aromatic nitrogens is 2. The highest BCUT2D eigenvalue weighted by molar-refractivity contribution is 8.00. The Kier molecular flexibility index (Phi) is 6.85. The number of hydrogen-bond donors (Lipinski definition) is 2. The molecule has 0 fully saturated rings. The SMILES string of the molecule is COC(=O)c1ccc(NC(=O)[C@@H](C)Sc2nc(-c3ccccc3)c(C#N)c(=O)[nH]2)cc1. The smallest absolute Gasteiger partial charge is 0.337 e. The number of carbonyl (C=O) groups excluding carboxylic acids is 2. The van der Waals surface area contributed by atoms with Gasteiger partial charge in [0.15, 0.2) is 5.16 Å². The third kappa shape index (κ3) is 5.18. The van der Waals surface area contributed by atoms with Crippen LogP contribution in [0.3, 0.4) is 0 Å². The number of nitrogens with zero attached hydrogens (tertiary/aromatic N) is 2. The number of carbonyl (C=O) groups is 2. The van der Waals surface area contributed by atoms with E-state index >= 15 is 0 Å². The van der Waals surface area contributed by atoms with E-state index < -0.39 is 16.8 Å². The molecular weight excluding hydrogens is 416 g/mol. The normalized spacial score (nSPS) is 11.3. The van der Waals surface area contributed by atoms with Gasteiger partial charge in [0.05, 0.1) is 23.6 Å². The van der Waals surface area contributed by atoms with Crippen molar-refractivity contribution in [3.63, 3.8) is 0 Å². The molecule has 1 amide bonds. The van der Waals surface area contributed by atoms with Gasteiger partial charge >= 0.3 is 5.97 Å². The number of nitriles is 1. The molecule has 0 spiro atoms. The average molecular weight is 434 g/mol. The van der Waals surface area contributed by atoms with Crippen molar-refractivity contribution >= 4 is 29.3 Å². The first kappa shape index (κ1) is 21.8. The van der Waals surface area contributed by atoms with Crippen LogP contribution in [0.2, 0.25) is 0 Å². The molecular formula is C22H18N4O4S. The summed E-state index contributed by atoms with van der Waals surface area (Å²) in [6.07, 6.45) is 0. The van der Waals surface area contributed by atoms with Crippen LogP contribution in [0.5, 0.6) is 0 Å². The zero-order valence-corrected chi connectivity index (χ0v) is 17.5. The van der Waals surface area contributed by atoms with Crippen LogP contribution in [0, 0.1) is 11.3 Å². The Morgan fingerprint density at radius 1 is 1.16 bits per heavy atom. The number of nitrogens with one attached hydrogen (secondary N) is 2. The summed E-state index contributed by atoms with van der Waals surface area (Å²) in [5.74, 6) is -0.782. The Morgan fingerprint density at radius 3 is 2.45 bits per heavy atom. The van der Waals surface area contributed by atoms with Gasteiger partial charge in [-0.1, -0.05) is 42.1 Å². The predicted molar refractivity (Wildman–Crippen MR) is 117 cm³/mol. The van der Waals surface area contributed by atoms with Crippen LogP contribution in [0.1, 0.15) is 22.8 Å². The lowest BCUT2D eigenvalue weighted by Crippen LogP contribution is -2.23. The van der Waals surface area contributed by atoms with E-state index in [1.54, 1.807) is 55.5 Å². The highest BCUT2D eigenvalue weighted by Gasteiger charge is 2.19. The van der Waals surface area contributed by atoms with Gasteiger partial charge < -0.3 is 15.0 Å². The van der Waals surface area contributed by atoms with E-state index in [2.05, 4.69) is 20.0 Å². The molecule has 156 valence electrons. The van der Waals surface area contributed by atoms with Gasteiger partial charge in [0.2, 0.25) is 5.91 Å². The number of esters is 1. The summed E-state index contributed by atoms with van der Waals surface area (Å²) in [6.45, 7) is 1.67. The predicted octanol–water partition coefficient (Wildman–Crippen LogP) is 3.21. The van der Waals surface area contributed by atoms with Crippen molar-refractivity contribution in [1.82, 2.24) is 9.97 Å². The van der Waals surface area contributed by atoms with Gasteiger partial charge in [0.25, 0.3) is 5.56 Å². The molecule has 1 heterocycles. The van der Waals surface area contributed by atoms with Gasteiger partial charge in [0, 0.05) is 11.3 Å². The number of thioether (sulfide) groups is 1. The van der Waals surface area contributed by atoms with E-state index in [0.717, 1.165) is 11.8 Å². The number of H-pyrrole nitrogens is 1. The molecule has 0 radical (unpaired) electrons. The van der Waals surface area contributed by atoms with Crippen LogP contribution in [-0.4, -0.2) is 34.2 Å². The molecule has 31 heavy (non-hydrogen) atoms. The molecule has 3 aromatic rings. The summed E-state index contributed by atoms with van der Waals surface area (Å²) >= 11 is 1.06. The van der Waals surface area contributed by atoms with Crippen molar-refractivity contribution in [2.75, 3.05) is 12.4 Å². The molecule has 2 N–H and O–H groups in total. The van der Waals surface area contributed by atoms with Crippen LogP contribution in [-0.2, 0) is 9.53 Å². The monoisotopic (exact) mass is 434 g/mol. The van der Waals surface area contributed by atoms with Gasteiger partial charge in [-0.2, -0.15) is 5.26 Å². The highest BCUT2D eigenvalue weighted by atomic mass is 32.2. The van der Waals surface area contributed by atoms with Crippen LogP contribution < -0.4 is 10.9 Å². The fourth-order valence-electron chi connectivity index (χ4n) is 2.69. The van der Waals surface area contributed by atoms with Crippen LogP contribution in [0.25, 0.3) is 11.3 Å². The molecule has 9 heteroatoms. The van der Waals surface area contributed by atoms with Gasteiger partial charge in [-0.3, -0.25) is 9.59 Å². The van der Waals surface area contributed by atoms with Crippen LogP contribution in [0.4, 0.5) is 5.69 Å². The van der Waals surface area contributed by atoms with E-state index in [9.17, 15) is 19.6 Å². The zero-order chi connectivity index (χ0) is 22.4. The fourth-order valence-corrected chi connectivity index (χ4v) is 3.49. The molecule has 0 saturated heterocycles. The second kappa shape index (κ2) is 9.73. The molecule has 0 aliphatic carbocycles. The maximum atomic E-state index is 12.6. The quantitative estimate of drug-likeness (QED) is 0.347. The van der Waals surface area contributed by atoms with Crippen molar-refractivity contribution in [2.45, 2.75) is 17.3 Å². The molecule has 3 rings (SSSR count). The number of methoxy groups -OCH3 is 1. The fraction of sp³-hybridized carbons (Fsp3) is 0.136. The van der Waals surface area contributed by atoms with Gasteiger partial charge in [0.1, 0.15) is 11.6 Å². The Labute approximate surface area is 182 Å². The van der Waals surface area contributed by atoms with E-state index in [1.165, 1.54) is 7.11 Å². The first-order chi connectivity index (χ1) is 14.9. The molecule has 1 atom stereocenters. The summed E-state index contributed by atoms with van der Waals surface area (Å²) in [5.41, 5.74) is 1.13. The van der Waals surface area contributed by atoms with Crippen molar-refractivity contribution in [3.05, 3.63) is 76.1 Å². The number of amides is 1. The van der Waals surface area contributed by atoms with Crippen molar-refractivity contribution in [1.29, 1.82) is 5.26 Å². The van der Waals surface area contributed by atoms with Crippen LogP contribution in [0.15, 0.2) is 64.5 Å². The van der Waals surface area contributed by atoms with Crippen LogP contribution >= 0.6 is 11.8 Å². The lowest BCUT2D eigenvalue weighted by molar-refractivity contribution is -0.115. The van der Waals surface area contributed by atoms with E-state index in [-0.39, 0.29) is 22.3 Å². The third-order valence-corrected chi connectivity index (χ3v) is 5.27. The highest BCUT2D eigenvalue weighted by Crippen LogP contribution is 2.25. The topological polar surface area (TPSA) is 125 Å². The number of ether oxygens (including phenoxy) is 1. The molecule has 0 unspecified atom stereocenters. The third-order valence-electron chi connectivity index (χ3n) is 4.29. The second-order valence-corrected chi connectivity index (χ2v) is 7.72. The molecule has 0 saturated carbocycles. The number of hydrogen-bond acceptors (Lipinski definition) is 7. The maximum absolute atomic E-state index is 12.6. The van der Waals surface area contributed by atoms with Crippen molar-refractivity contribution < 1.29 is 14.3 Å².